The fraction of sp³-hybridized carbons (Fsp3) is 0.545. The van der Waals surface area contributed by atoms with Crippen LogP contribution in [0.2, 0.25) is 0 Å². The lowest BCUT2D eigenvalue weighted by molar-refractivity contribution is 0.460. The van der Waals surface area contributed by atoms with E-state index < -0.39 is 0 Å². The number of H-pyrrole nitrogens is 1. The van der Waals surface area contributed by atoms with Gasteiger partial charge in [-0.15, -0.1) is 0 Å². The van der Waals surface area contributed by atoms with Crippen molar-refractivity contribution in [3.8, 4) is 0 Å². The summed E-state index contributed by atoms with van der Waals surface area (Å²) in [6, 6.07) is 2.01. The zero-order chi connectivity index (χ0) is 9.97. The molecule has 1 aromatic rings. The van der Waals surface area contributed by atoms with Gasteiger partial charge in [-0.05, 0) is 43.9 Å². The zero-order valence-corrected chi connectivity index (χ0v) is 8.47. The number of pyridine rings is 1. The summed E-state index contributed by atoms with van der Waals surface area (Å²) in [7, 11) is 0. The van der Waals surface area contributed by atoms with Crippen LogP contribution in [0.15, 0.2) is 17.1 Å². The van der Waals surface area contributed by atoms with Crippen LogP contribution in [0.1, 0.15) is 29.9 Å². The highest BCUT2D eigenvalue weighted by atomic mass is 16.1. The Balaban J connectivity index is 2.22. The topological polar surface area (TPSA) is 44.9 Å². The lowest BCUT2D eigenvalue weighted by Crippen LogP contribution is -2.28. The Bertz CT molecular complexity index is 364. The molecule has 1 aliphatic heterocycles. The smallest absolute Gasteiger partial charge is 0.250 e. The molecule has 14 heavy (non-hydrogen) atoms. The van der Waals surface area contributed by atoms with Gasteiger partial charge in [-0.1, -0.05) is 0 Å². The molecule has 0 saturated carbocycles. The van der Waals surface area contributed by atoms with Crippen LogP contribution in [0.25, 0.3) is 0 Å². The van der Waals surface area contributed by atoms with Crippen molar-refractivity contribution in [3.05, 3.63) is 33.7 Å². The van der Waals surface area contributed by atoms with Gasteiger partial charge in [-0.25, -0.2) is 0 Å². The molecule has 1 saturated heterocycles. The summed E-state index contributed by atoms with van der Waals surface area (Å²) in [5.41, 5.74) is 2.10. The molecule has 1 fully saturated rings. The van der Waals surface area contributed by atoms with Gasteiger partial charge in [0.25, 0.3) is 5.56 Å². The predicted molar refractivity (Wildman–Crippen MR) is 56.6 cm³/mol. The highest BCUT2D eigenvalue weighted by Crippen LogP contribution is 2.21. The van der Waals surface area contributed by atoms with Crippen molar-refractivity contribution in [1.82, 2.24) is 10.3 Å². The summed E-state index contributed by atoms with van der Waals surface area (Å²) < 4.78 is 0. The first-order valence-corrected chi connectivity index (χ1v) is 5.17. The van der Waals surface area contributed by atoms with E-state index in [1.165, 1.54) is 18.4 Å². The number of nitrogens with one attached hydrogen (secondary N) is 2. The Labute approximate surface area is 83.5 Å². The number of aryl methyl sites for hydroxylation is 1. The van der Waals surface area contributed by atoms with Gasteiger partial charge in [0.2, 0.25) is 0 Å². The average molecular weight is 192 g/mol. The van der Waals surface area contributed by atoms with Crippen molar-refractivity contribution < 1.29 is 0 Å². The van der Waals surface area contributed by atoms with E-state index in [9.17, 15) is 4.79 Å². The van der Waals surface area contributed by atoms with E-state index in [0.717, 1.165) is 18.7 Å². The van der Waals surface area contributed by atoms with Crippen molar-refractivity contribution in [2.75, 3.05) is 13.1 Å². The second-order valence-electron chi connectivity index (χ2n) is 3.99. The summed E-state index contributed by atoms with van der Waals surface area (Å²) in [4.78, 5) is 14.0. The number of aromatic nitrogens is 1. The third kappa shape index (κ3) is 1.87. The molecule has 3 heteroatoms. The summed E-state index contributed by atoms with van der Waals surface area (Å²) >= 11 is 0. The quantitative estimate of drug-likeness (QED) is 0.701. The highest BCUT2D eigenvalue weighted by molar-refractivity contribution is 5.21. The van der Waals surface area contributed by atoms with Gasteiger partial charge in [0.1, 0.15) is 0 Å². The molecule has 0 aromatic carbocycles. The summed E-state index contributed by atoms with van der Waals surface area (Å²) in [5.74, 6) is 0.569. The third-order valence-electron chi connectivity index (χ3n) is 2.88. The predicted octanol–water partition coefficient (Wildman–Crippen LogP) is 1.15. The lowest BCUT2D eigenvalue weighted by Gasteiger charge is -2.22. The van der Waals surface area contributed by atoms with Crippen LogP contribution in [-0.2, 0) is 0 Å². The maximum atomic E-state index is 11.2. The molecule has 2 N–H and O–H groups in total. The van der Waals surface area contributed by atoms with Crippen LogP contribution in [0.3, 0.4) is 0 Å². The molecule has 2 heterocycles. The summed E-state index contributed by atoms with van der Waals surface area (Å²) in [5, 5.41) is 3.38. The minimum atomic E-state index is 0.0255. The van der Waals surface area contributed by atoms with E-state index >= 15 is 0 Å². The minimum Gasteiger partial charge on any atom is -0.329 e. The molecule has 0 aliphatic carbocycles. The molecule has 1 aliphatic rings. The van der Waals surface area contributed by atoms with Crippen LogP contribution in [-0.4, -0.2) is 18.1 Å². The Hall–Kier alpha value is -1.09. The molecule has 2 rings (SSSR count). The first kappa shape index (κ1) is 9.46. The fourth-order valence-corrected chi connectivity index (χ4v) is 1.99. The largest absolute Gasteiger partial charge is 0.329 e. The second-order valence-corrected chi connectivity index (χ2v) is 3.99. The van der Waals surface area contributed by atoms with Crippen molar-refractivity contribution in [2.45, 2.75) is 25.7 Å². The molecule has 3 nitrogen and oxygen atoms in total. The highest BCUT2D eigenvalue weighted by Gasteiger charge is 2.15. The maximum absolute atomic E-state index is 11.2. The molecule has 0 radical (unpaired) electrons. The monoisotopic (exact) mass is 192 g/mol. The van der Waals surface area contributed by atoms with Gasteiger partial charge in [0.15, 0.2) is 0 Å². The number of rotatable bonds is 1. The molecule has 1 aromatic heterocycles. The van der Waals surface area contributed by atoms with Crippen LogP contribution >= 0.6 is 0 Å². The number of piperidine rings is 1. The standard InChI is InChI=1S/C11H16N2O/c1-8-5-10(7-13-11(8)14)9-3-2-4-12-6-9/h5,7,9,12H,2-4,6H2,1H3,(H,13,14). The maximum Gasteiger partial charge on any atom is 0.250 e. The Morgan fingerprint density at radius 1 is 1.50 bits per heavy atom. The van der Waals surface area contributed by atoms with E-state index in [1.807, 2.05) is 19.2 Å². The molecular weight excluding hydrogens is 176 g/mol. The van der Waals surface area contributed by atoms with Crippen molar-refractivity contribution in [2.24, 2.45) is 0 Å². The van der Waals surface area contributed by atoms with E-state index in [-0.39, 0.29) is 5.56 Å². The van der Waals surface area contributed by atoms with Crippen LogP contribution < -0.4 is 10.9 Å². The third-order valence-corrected chi connectivity index (χ3v) is 2.88. The molecule has 0 bridgehead atoms. The van der Waals surface area contributed by atoms with Gasteiger partial charge in [-0.3, -0.25) is 4.79 Å². The number of hydrogen-bond donors (Lipinski definition) is 2. The second kappa shape index (κ2) is 3.96. The summed E-state index contributed by atoms with van der Waals surface area (Å²) in [6.45, 7) is 4.02. The van der Waals surface area contributed by atoms with Gasteiger partial charge in [-0.2, -0.15) is 0 Å². The Kier molecular flexibility index (Phi) is 2.68. The normalized spacial score (nSPS) is 22.2. The first-order chi connectivity index (χ1) is 6.77. The fourth-order valence-electron chi connectivity index (χ4n) is 1.99. The zero-order valence-electron chi connectivity index (χ0n) is 8.47. The molecule has 1 atom stereocenters. The minimum absolute atomic E-state index is 0.0255. The molecule has 76 valence electrons. The number of hydrogen-bond acceptors (Lipinski definition) is 2. The van der Waals surface area contributed by atoms with Crippen LogP contribution in [0.4, 0.5) is 0 Å². The molecule has 0 spiro atoms. The molecular formula is C11H16N2O. The lowest BCUT2D eigenvalue weighted by atomic mass is 9.92. The van der Waals surface area contributed by atoms with Crippen LogP contribution in [0.5, 0.6) is 0 Å². The average Bonchev–Trinajstić information content (AvgIpc) is 2.23. The van der Waals surface area contributed by atoms with Crippen molar-refractivity contribution in [3.63, 3.8) is 0 Å². The summed E-state index contributed by atoms with van der Waals surface area (Å²) in [6.07, 6.45) is 4.30. The van der Waals surface area contributed by atoms with Crippen LogP contribution in [0, 0.1) is 6.92 Å². The Morgan fingerprint density at radius 3 is 3.00 bits per heavy atom. The SMILES string of the molecule is Cc1cc(C2CCCNC2)c[nH]c1=O. The first-order valence-electron chi connectivity index (χ1n) is 5.17. The van der Waals surface area contributed by atoms with Crippen molar-refractivity contribution >= 4 is 0 Å². The molecule has 0 amide bonds. The number of aromatic amines is 1. The van der Waals surface area contributed by atoms with Gasteiger partial charge >= 0.3 is 0 Å². The van der Waals surface area contributed by atoms with Gasteiger partial charge in [0, 0.05) is 18.3 Å². The Morgan fingerprint density at radius 2 is 2.36 bits per heavy atom. The van der Waals surface area contributed by atoms with Crippen molar-refractivity contribution in [1.29, 1.82) is 0 Å². The van der Waals surface area contributed by atoms with E-state index in [4.69, 9.17) is 0 Å². The van der Waals surface area contributed by atoms with E-state index in [0.29, 0.717) is 5.92 Å². The molecule has 1 unspecified atom stereocenters. The van der Waals surface area contributed by atoms with Gasteiger partial charge in [0.05, 0.1) is 0 Å². The van der Waals surface area contributed by atoms with E-state index in [2.05, 4.69) is 10.3 Å². The van der Waals surface area contributed by atoms with E-state index in [1.54, 1.807) is 0 Å². The van der Waals surface area contributed by atoms with Gasteiger partial charge < -0.3 is 10.3 Å².